The first-order chi connectivity index (χ1) is 9.72. The molecule has 20 heavy (non-hydrogen) atoms. The lowest BCUT2D eigenvalue weighted by atomic mass is 10.1. The molecule has 1 saturated heterocycles. The smallest absolute Gasteiger partial charge is 0.0326 e. The van der Waals surface area contributed by atoms with Crippen LogP contribution in [0.5, 0.6) is 0 Å². The van der Waals surface area contributed by atoms with Gasteiger partial charge in [-0.2, -0.15) is 0 Å². The van der Waals surface area contributed by atoms with Crippen LogP contribution in [0.15, 0.2) is 22.7 Å². The van der Waals surface area contributed by atoms with Gasteiger partial charge in [-0.1, -0.05) is 22.0 Å². The molecule has 0 amide bonds. The van der Waals surface area contributed by atoms with Gasteiger partial charge >= 0.3 is 0 Å². The second kappa shape index (κ2) is 6.56. The van der Waals surface area contributed by atoms with Gasteiger partial charge in [0.15, 0.2) is 0 Å². The normalized spacial score (nSPS) is 24.0. The van der Waals surface area contributed by atoms with Crippen molar-refractivity contribution >= 4 is 15.9 Å². The number of nitrogens with one attached hydrogen (secondary N) is 1. The summed E-state index contributed by atoms with van der Waals surface area (Å²) < 4.78 is 1.20. The first-order valence-electron chi connectivity index (χ1n) is 7.65. The highest BCUT2D eigenvalue weighted by molar-refractivity contribution is 9.10. The van der Waals surface area contributed by atoms with Crippen LogP contribution in [-0.2, 0) is 6.42 Å². The molecule has 1 aliphatic heterocycles. The van der Waals surface area contributed by atoms with Crippen LogP contribution in [0.4, 0.5) is 0 Å². The number of halogens is 1. The molecule has 1 fully saturated rings. The first kappa shape index (κ1) is 14.5. The third kappa shape index (κ3) is 3.42. The van der Waals surface area contributed by atoms with Crippen molar-refractivity contribution in [2.24, 2.45) is 0 Å². The minimum atomic E-state index is 0.561. The van der Waals surface area contributed by atoms with Crippen LogP contribution in [0.2, 0.25) is 0 Å². The number of hydrogen-bond donors (Lipinski definition) is 1. The fourth-order valence-electron chi connectivity index (χ4n) is 3.27. The topological polar surface area (TPSA) is 18.5 Å². The van der Waals surface area contributed by atoms with Crippen LogP contribution in [0.25, 0.3) is 0 Å². The quantitative estimate of drug-likeness (QED) is 0.909. The molecule has 2 aliphatic rings. The molecule has 1 aromatic carbocycles. The summed E-state index contributed by atoms with van der Waals surface area (Å²) >= 11 is 3.56. The Bertz CT molecular complexity index is 455. The fraction of sp³-hybridized carbons (Fsp3) is 0.625. The molecule has 3 rings (SSSR count). The van der Waals surface area contributed by atoms with Gasteiger partial charge in [-0.05, 0) is 43.1 Å². The molecule has 1 aliphatic carbocycles. The van der Waals surface area contributed by atoms with Crippen molar-refractivity contribution in [2.75, 3.05) is 46.3 Å². The van der Waals surface area contributed by atoms with E-state index in [0.717, 1.165) is 6.54 Å². The molecule has 3 nitrogen and oxygen atoms in total. The Kier molecular flexibility index (Phi) is 4.76. The van der Waals surface area contributed by atoms with Crippen LogP contribution >= 0.6 is 15.9 Å². The van der Waals surface area contributed by atoms with Crippen molar-refractivity contribution in [3.63, 3.8) is 0 Å². The first-order valence-corrected chi connectivity index (χ1v) is 8.44. The standard InChI is InChI=1S/C16H24BrN3/c1-19-8-10-20(11-9-19)7-6-18-16-5-2-13-12-14(17)3-4-15(13)16/h3-4,12,16,18H,2,5-11H2,1H3. The molecular weight excluding hydrogens is 314 g/mol. The summed E-state index contributed by atoms with van der Waals surface area (Å²) in [5, 5.41) is 3.75. The third-order valence-electron chi connectivity index (χ3n) is 4.60. The molecular formula is C16H24BrN3. The second-order valence-corrected chi connectivity index (χ2v) is 6.95. The Labute approximate surface area is 130 Å². The zero-order valence-corrected chi connectivity index (χ0v) is 13.8. The molecule has 1 N–H and O–H groups in total. The van der Waals surface area contributed by atoms with E-state index in [1.807, 2.05) is 0 Å². The minimum absolute atomic E-state index is 0.561. The monoisotopic (exact) mass is 337 g/mol. The van der Waals surface area contributed by atoms with Gasteiger partial charge in [-0.3, -0.25) is 4.90 Å². The molecule has 1 aromatic rings. The molecule has 1 atom stereocenters. The maximum absolute atomic E-state index is 3.75. The predicted octanol–water partition coefficient (Wildman–Crippen LogP) is 2.27. The molecule has 4 heteroatoms. The van der Waals surface area contributed by atoms with Crippen LogP contribution in [0.1, 0.15) is 23.6 Å². The summed E-state index contributed by atoms with van der Waals surface area (Å²) in [4.78, 5) is 4.99. The lowest BCUT2D eigenvalue weighted by Crippen LogP contribution is -2.46. The van der Waals surface area contributed by atoms with Crippen molar-refractivity contribution in [1.29, 1.82) is 0 Å². The highest BCUT2D eigenvalue weighted by atomic mass is 79.9. The molecule has 0 radical (unpaired) electrons. The third-order valence-corrected chi connectivity index (χ3v) is 5.09. The summed E-state index contributed by atoms with van der Waals surface area (Å²) in [6.45, 7) is 7.12. The Balaban J connectivity index is 1.46. The Morgan fingerprint density at radius 3 is 2.85 bits per heavy atom. The largest absolute Gasteiger partial charge is 0.309 e. The average Bonchev–Trinajstić information content (AvgIpc) is 2.83. The van der Waals surface area contributed by atoms with Crippen molar-refractivity contribution in [3.05, 3.63) is 33.8 Å². The molecule has 110 valence electrons. The molecule has 0 spiro atoms. The highest BCUT2D eigenvalue weighted by Gasteiger charge is 2.22. The number of fused-ring (bicyclic) bond motifs is 1. The Morgan fingerprint density at radius 2 is 2.05 bits per heavy atom. The fourth-order valence-corrected chi connectivity index (χ4v) is 3.67. The van der Waals surface area contributed by atoms with Gasteiger partial charge in [-0.15, -0.1) is 0 Å². The van der Waals surface area contributed by atoms with Gasteiger partial charge in [0.05, 0.1) is 0 Å². The van der Waals surface area contributed by atoms with E-state index in [0.29, 0.717) is 6.04 Å². The zero-order chi connectivity index (χ0) is 13.9. The van der Waals surface area contributed by atoms with Crippen LogP contribution < -0.4 is 5.32 Å². The zero-order valence-electron chi connectivity index (χ0n) is 12.2. The molecule has 0 bridgehead atoms. The van der Waals surface area contributed by atoms with Gasteiger partial charge in [0.2, 0.25) is 0 Å². The summed E-state index contributed by atoms with van der Waals surface area (Å²) in [6.07, 6.45) is 2.45. The van der Waals surface area contributed by atoms with Gasteiger partial charge in [0, 0.05) is 49.8 Å². The van der Waals surface area contributed by atoms with E-state index >= 15 is 0 Å². The number of aryl methyl sites for hydroxylation is 1. The van der Waals surface area contributed by atoms with E-state index in [1.54, 1.807) is 0 Å². The Hall–Kier alpha value is -0.420. The van der Waals surface area contributed by atoms with Gasteiger partial charge in [0.25, 0.3) is 0 Å². The van der Waals surface area contributed by atoms with E-state index in [9.17, 15) is 0 Å². The summed E-state index contributed by atoms with van der Waals surface area (Å²) in [6, 6.07) is 7.28. The van der Waals surface area contributed by atoms with Crippen LogP contribution in [-0.4, -0.2) is 56.1 Å². The number of hydrogen-bond acceptors (Lipinski definition) is 3. The lowest BCUT2D eigenvalue weighted by Gasteiger charge is -2.32. The summed E-state index contributed by atoms with van der Waals surface area (Å²) in [5.74, 6) is 0. The van der Waals surface area contributed by atoms with Gasteiger partial charge < -0.3 is 10.2 Å². The van der Waals surface area contributed by atoms with Crippen molar-refractivity contribution in [3.8, 4) is 0 Å². The van der Waals surface area contributed by atoms with E-state index < -0.39 is 0 Å². The maximum atomic E-state index is 3.75. The van der Waals surface area contributed by atoms with E-state index in [4.69, 9.17) is 0 Å². The highest BCUT2D eigenvalue weighted by Crippen LogP contribution is 2.32. The van der Waals surface area contributed by atoms with Crippen LogP contribution in [0.3, 0.4) is 0 Å². The number of rotatable bonds is 4. The number of likely N-dealkylation sites (N-methyl/N-ethyl adjacent to an activating group) is 1. The maximum Gasteiger partial charge on any atom is 0.0326 e. The van der Waals surface area contributed by atoms with E-state index in [-0.39, 0.29) is 0 Å². The van der Waals surface area contributed by atoms with E-state index in [2.05, 4.69) is 56.3 Å². The second-order valence-electron chi connectivity index (χ2n) is 6.03. The lowest BCUT2D eigenvalue weighted by molar-refractivity contribution is 0.153. The molecule has 0 saturated carbocycles. The van der Waals surface area contributed by atoms with Crippen molar-refractivity contribution < 1.29 is 0 Å². The predicted molar refractivity (Wildman–Crippen MR) is 87.1 cm³/mol. The minimum Gasteiger partial charge on any atom is -0.309 e. The average molecular weight is 338 g/mol. The molecule has 1 unspecified atom stereocenters. The Morgan fingerprint density at radius 1 is 1.25 bits per heavy atom. The van der Waals surface area contributed by atoms with E-state index in [1.165, 1.54) is 61.2 Å². The number of benzene rings is 1. The number of piperazine rings is 1. The summed E-state index contributed by atoms with van der Waals surface area (Å²) in [7, 11) is 2.21. The molecule has 1 heterocycles. The van der Waals surface area contributed by atoms with Crippen molar-refractivity contribution in [1.82, 2.24) is 15.1 Å². The van der Waals surface area contributed by atoms with Crippen molar-refractivity contribution in [2.45, 2.75) is 18.9 Å². The number of nitrogens with zero attached hydrogens (tertiary/aromatic N) is 2. The van der Waals surface area contributed by atoms with Gasteiger partial charge in [0.1, 0.15) is 0 Å². The van der Waals surface area contributed by atoms with Gasteiger partial charge in [-0.25, -0.2) is 0 Å². The molecule has 0 aromatic heterocycles. The SMILES string of the molecule is CN1CCN(CCNC2CCc3cc(Br)ccc32)CC1. The summed E-state index contributed by atoms with van der Waals surface area (Å²) in [5.41, 5.74) is 3.02. The van der Waals surface area contributed by atoms with Crippen LogP contribution in [0, 0.1) is 0 Å².